The van der Waals surface area contributed by atoms with E-state index in [1.807, 2.05) is 5.10 Å². The van der Waals surface area contributed by atoms with Gasteiger partial charge in [0.25, 0.3) is 0 Å². The van der Waals surface area contributed by atoms with Gasteiger partial charge in [0.05, 0.1) is 6.33 Å². The highest BCUT2D eigenvalue weighted by Crippen LogP contribution is 1.62. The maximum absolute atomic E-state index is 9.78. The summed E-state index contributed by atoms with van der Waals surface area (Å²) in [6, 6.07) is 0. The van der Waals surface area contributed by atoms with Crippen molar-refractivity contribution in [3.8, 4) is 0 Å². The van der Waals surface area contributed by atoms with Crippen LogP contribution in [0.5, 0.6) is 0 Å². The van der Waals surface area contributed by atoms with E-state index in [1.54, 1.807) is 18.7 Å². The summed E-state index contributed by atoms with van der Waals surface area (Å²) in [4.78, 5) is 16.2. The van der Waals surface area contributed by atoms with Crippen LogP contribution in [-0.2, 0) is 0 Å². The molecule has 0 aliphatic rings. The summed E-state index contributed by atoms with van der Waals surface area (Å²) < 4.78 is 4.11. The number of nitrogens with zero attached hydrogens (tertiary/aromatic N) is 2. The number of rotatable bonds is 0. The lowest BCUT2D eigenvalue weighted by atomic mass is 11.0. The van der Waals surface area contributed by atoms with Crippen molar-refractivity contribution in [2.24, 2.45) is 0 Å². The average molecular weight is 154 g/mol. The van der Waals surface area contributed by atoms with Gasteiger partial charge in [-0.2, -0.15) is 0 Å². The van der Waals surface area contributed by atoms with Gasteiger partial charge in [-0.1, -0.05) is 0 Å². The molecule has 0 bridgehead atoms. The highest BCUT2D eigenvalue weighted by atomic mass is 16.4. The predicted octanol–water partition coefficient (Wildman–Crippen LogP) is -0.227. The molecule has 0 aromatic carbocycles. The van der Waals surface area contributed by atoms with E-state index in [-0.39, 0.29) is 0 Å². The van der Waals surface area contributed by atoms with E-state index in [0.29, 0.717) is 0 Å². The molecule has 0 spiro atoms. The molecule has 2 aromatic rings. The number of aromatic nitrogens is 4. The normalized spacial score (nSPS) is 8.36. The van der Waals surface area contributed by atoms with Crippen LogP contribution in [0.25, 0.3) is 0 Å². The summed E-state index contributed by atoms with van der Waals surface area (Å²) in [6.45, 7) is 0. The van der Waals surface area contributed by atoms with E-state index in [0.717, 1.165) is 6.39 Å². The first-order chi connectivity index (χ1) is 5.39. The van der Waals surface area contributed by atoms with Gasteiger partial charge in [0.15, 0.2) is 0 Å². The molecule has 2 rings (SSSR count). The predicted molar refractivity (Wildman–Crippen MR) is 35.7 cm³/mol. The smallest absolute Gasteiger partial charge is 0.395 e. The van der Waals surface area contributed by atoms with Crippen molar-refractivity contribution in [2.75, 3.05) is 0 Å². The van der Waals surface area contributed by atoms with Crippen molar-refractivity contribution in [1.82, 2.24) is 20.2 Å². The molecule has 6 nitrogen and oxygen atoms in total. The van der Waals surface area contributed by atoms with Crippen LogP contribution in [0.1, 0.15) is 0 Å². The lowest BCUT2D eigenvalue weighted by Gasteiger charge is -1.48. The Morgan fingerprint density at radius 3 is 2.64 bits per heavy atom. The van der Waals surface area contributed by atoms with Crippen LogP contribution >= 0.6 is 0 Å². The second kappa shape index (κ2) is 4.04. The number of aromatic amines is 2. The van der Waals surface area contributed by atoms with Crippen LogP contribution in [0, 0.1) is 0 Å². The molecule has 0 aliphatic heterocycles. The van der Waals surface area contributed by atoms with Gasteiger partial charge >= 0.3 is 5.76 Å². The van der Waals surface area contributed by atoms with Crippen molar-refractivity contribution in [2.45, 2.75) is 0 Å². The number of nitrogens with one attached hydrogen (secondary N) is 2. The third-order valence-corrected chi connectivity index (χ3v) is 0.774. The van der Waals surface area contributed by atoms with Gasteiger partial charge in [-0.3, -0.25) is 0 Å². The first-order valence-corrected chi connectivity index (χ1v) is 2.80. The third-order valence-electron chi connectivity index (χ3n) is 0.774. The minimum Gasteiger partial charge on any atom is -0.395 e. The van der Waals surface area contributed by atoms with E-state index < -0.39 is 5.76 Å². The molecule has 2 heterocycles. The summed E-state index contributed by atoms with van der Waals surface area (Å²) in [6.07, 6.45) is 6.13. The number of hydrogen-bond donors (Lipinski definition) is 2. The Bertz CT molecular complexity index is 275. The molecule has 2 N–H and O–H groups in total. The van der Waals surface area contributed by atoms with E-state index in [4.69, 9.17) is 0 Å². The number of H-pyrrole nitrogens is 2. The molecule has 0 aliphatic carbocycles. The molecular weight excluding hydrogens is 148 g/mol. The largest absolute Gasteiger partial charge is 0.434 e. The van der Waals surface area contributed by atoms with Crippen LogP contribution < -0.4 is 5.76 Å². The Balaban J connectivity index is 0.000000112. The van der Waals surface area contributed by atoms with Crippen LogP contribution in [0.3, 0.4) is 0 Å². The van der Waals surface area contributed by atoms with Gasteiger partial charge in [0, 0.05) is 12.4 Å². The lowest BCUT2D eigenvalue weighted by Crippen LogP contribution is -1.93. The number of hydrogen-bond acceptors (Lipinski definition) is 4. The average Bonchev–Trinajstić information content (AvgIpc) is 2.57. The topological polar surface area (TPSA) is 87.6 Å². The monoisotopic (exact) mass is 154 g/mol. The second-order valence-electron chi connectivity index (χ2n) is 1.51. The Labute approximate surface area is 61.3 Å². The first-order valence-electron chi connectivity index (χ1n) is 2.80. The van der Waals surface area contributed by atoms with Gasteiger partial charge in [-0.05, 0) is 0 Å². The zero-order valence-electron chi connectivity index (χ0n) is 5.52. The zero-order valence-corrected chi connectivity index (χ0v) is 5.52. The van der Waals surface area contributed by atoms with Crippen LogP contribution in [0.4, 0.5) is 0 Å². The molecule has 2 aromatic heterocycles. The van der Waals surface area contributed by atoms with Crippen LogP contribution in [0.15, 0.2) is 34.3 Å². The van der Waals surface area contributed by atoms with Gasteiger partial charge in [-0.15, -0.1) is 5.10 Å². The molecule has 6 heteroatoms. The maximum atomic E-state index is 9.78. The minimum atomic E-state index is -0.519. The fourth-order valence-electron chi connectivity index (χ4n) is 0.395. The highest BCUT2D eigenvalue weighted by Gasteiger charge is 1.74. The summed E-state index contributed by atoms with van der Waals surface area (Å²) in [5.41, 5.74) is 0. The van der Waals surface area contributed by atoms with E-state index in [9.17, 15) is 4.79 Å². The first kappa shape index (κ1) is 7.26. The van der Waals surface area contributed by atoms with Crippen molar-refractivity contribution in [1.29, 1.82) is 0 Å². The molecule has 0 atom stereocenters. The second-order valence-corrected chi connectivity index (χ2v) is 1.51. The molecule has 0 saturated carbocycles. The fraction of sp³-hybridized carbons (Fsp3) is 0. The summed E-state index contributed by atoms with van der Waals surface area (Å²) >= 11 is 0. The molecule has 0 unspecified atom stereocenters. The zero-order chi connectivity index (χ0) is 7.94. The lowest BCUT2D eigenvalue weighted by molar-refractivity contribution is 0.513. The molecule has 11 heavy (non-hydrogen) atoms. The van der Waals surface area contributed by atoms with E-state index in [2.05, 4.69) is 19.5 Å². The van der Waals surface area contributed by atoms with Gasteiger partial charge in [0.1, 0.15) is 0 Å². The molecule has 58 valence electrons. The van der Waals surface area contributed by atoms with Crippen LogP contribution in [0.2, 0.25) is 0 Å². The fourth-order valence-corrected chi connectivity index (χ4v) is 0.395. The quantitative estimate of drug-likeness (QED) is 0.548. The van der Waals surface area contributed by atoms with Gasteiger partial charge in [-0.25, -0.2) is 14.9 Å². The van der Waals surface area contributed by atoms with Crippen molar-refractivity contribution in [3.05, 3.63) is 35.7 Å². The van der Waals surface area contributed by atoms with Crippen molar-refractivity contribution < 1.29 is 4.42 Å². The molecule has 0 amide bonds. The summed E-state index contributed by atoms with van der Waals surface area (Å²) in [7, 11) is 0. The van der Waals surface area contributed by atoms with Crippen molar-refractivity contribution in [3.63, 3.8) is 0 Å². The molecular formula is C5H6N4O2. The van der Waals surface area contributed by atoms with Crippen LogP contribution in [-0.4, -0.2) is 20.2 Å². The molecule has 0 radical (unpaired) electrons. The number of imidazole rings is 1. The molecule has 0 fully saturated rings. The Hall–Kier alpha value is -1.85. The summed E-state index contributed by atoms with van der Waals surface area (Å²) in [5.74, 6) is -0.519. The molecule has 0 saturated heterocycles. The van der Waals surface area contributed by atoms with E-state index >= 15 is 0 Å². The standard InChI is InChI=1S/C3H4N2.C2H2N2O2/c1-2-5-3-4-1;5-2-4-3-1-6-2/h1-3H,(H,4,5);1H,(H,4,5). The van der Waals surface area contributed by atoms with Gasteiger partial charge < -0.3 is 9.40 Å². The Kier molecular flexibility index (Phi) is 2.67. The highest BCUT2D eigenvalue weighted by molar-refractivity contribution is 4.64. The minimum absolute atomic E-state index is 0.519. The van der Waals surface area contributed by atoms with Gasteiger partial charge in [0.2, 0.25) is 6.39 Å². The summed E-state index contributed by atoms with van der Waals surface area (Å²) in [5, 5.41) is 5.25. The van der Waals surface area contributed by atoms with E-state index in [1.165, 1.54) is 0 Å². The Morgan fingerprint density at radius 2 is 2.45 bits per heavy atom. The van der Waals surface area contributed by atoms with Crippen molar-refractivity contribution >= 4 is 0 Å². The maximum Gasteiger partial charge on any atom is 0.434 e. The SMILES string of the molecule is O=c1[nH]nco1.c1c[nH]cn1. The third kappa shape index (κ3) is 2.99. The Morgan fingerprint density at radius 1 is 1.55 bits per heavy atom.